The van der Waals surface area contributed by atoms with Crippen LogP contribution in [0.2, 0.25) is 0 Å². The maximum Gasteiger partial charge on any atom is 0.339 e. The Morgan fingerprint density at radius 2 is 2.31 bits per heavy atom. The summed E-state index contributed by atoms with van der Waals surface area (Å²) >= 11 is 3.00. The molecule has 0 unspecified atom stereocenters. The summed E-state index contributed by atoms with van der Waals surface area (Å²) in [6.45, 7) is 1.77. The van der Waals surface area contributed by atoms with Crippen LogP contribution in [0.1, 0.15) is 29.4 Å². The average Bonchev–Trinajstić information content (AvgIpc) is 2.21. The quantitative estimate of drug-likeness (QED) is 0.870. The van der Waals surface area contributed by atoms with Crippen LogP contribution in [0.4, 0.5) is 14.6 Å². The molecule has 2 N–H and O–H groups in total. The number of nitrogens with zero attached hydrogens (tertiary/aromatic N) is 1. The van der Waals surface area contributed by atoms with Crippen molar-refractivity contribution >= 4 is 27.7 Å². The number of ether oxygens (including phenoxy) is 1. The number of carbonyl (C=O) groups is 1. The molecule has 16 heavy (non-hydrogen) atoms. The van der Waals surface area contributed by atoms with Gasteiger partial charge < -0.3 is 10.5 Å². The second-order valence-corrected chi connectivity index (χ2v) is 3.61. The Bertz CT molecular complexity index is 413. The molecule has 0 saturated heterocycles. The summed E-state index contributed by atoms with van der Waals surface area (Å²) in [6, 6.07) is 0.961. The highest BCUT2D eigenvalue weighted by Crippen LogP contribution is 2.28. The lowest BCUT2D eigenvalue weighted by Gasteiger charge is -2.08. The topological polar surface area (TPSA) is 65.2 Å². The zero-order chi connectivity index (χ0) is 12.3. The van der Waals surface area contributed by atoms with Crippen molar-refractivity contribution in [2.24, 2.45) is 0 Å². The normalized spacial score (nSPS) is 10.6. The van der Waals surface area contributed by atoms with E-state index in [0.717, 1.165) is 6.07 Å². The first-order valence-electron chi connectivity index (χ1n) is 4.38. The summed E-state index contributed by atoms with van der Waals surface area (Å²) in [6.07, 6.45) is -2.79. The van der Waals surface area contributed by atoms with Gasteiger partial charge in [-0.05, 0) is 28.9 Å². The van der Waals surface area contributed by atoms with Crippen molar-refractivity contribution in [1.29, 1.82) is 0 Å². The van der Waals surface area contributed by atoms with Gasteiger partial charge in [-0.3, -0.25) is 0 Å². The SMILES string of the molecule is CCOC(=O)c1cc(C(F)F)nc(N)c1Br. The van der Waals surface area contributed by atoms with Gasteiger partial charge in [0.05, 0.1) is 16.6 Å². The van der Waals surface area contributed by atoms with Gasteiger partial charge in [-0.2, -0.15) is 0 Å². The van der Waals surface area contributed by atoms with Crippen LogP contribution < -0.4 is 5.73 Å². The lowest BCUT2D eigenvalue weighted by atomic mass is 10.2. The number of aromatic nitrogens is 1. The van der Waals surface area contributed by atoms with Gasteiger partial charge in [0.2, 0.25) is 0 Å². The van der Waals surface area contributed by atoms with Crippen molar-refractivity contribution in [3.63, 3.8) is 0 Å². The molecule has 1 rings (SSSR count). The minimum absolute atomic E-state index is 0.0512. The standard InChI is InChI=1S/C9H9BrF2N2O2/c1-2-16-9(15)4-3-5(7(11)12)14-8(13)6(4)10/h3,7H,2H2,1H3,(H2,13,14). The first kappa shape index (κ1) is 12.8. The molecule has 1 heterocycles. The van der Waals surface area contributed by atoms with Crippen molar-refractivity contribution in [1.82, 2.24) is 4.98 Å². The molecule has 0 bridgehead atoms. The fourth-order valence-electron chi connectivity index (χ4n) is 1.04. The van der Waals surface area contributed by atoms with Crippen molar-refractivity contribution < 1.29 is 18.3 Å². The maximum absolute atomic E-state index is 12.4. The van der Waals surface area contributed by atoms with E-state index in [1.165, 1.54) is 0 Å². The Morgan fingerprint density at radius 3 is 2.81 bits per heavy atom. The van der Waals surface area contributed by atoms with E-state index in [-0.39, 0.29) is 22.5 Å². The Hall–Kier alpha value is -1.24. The molecule has 0 aromatic carbocycles. The van der Waals surface area contributed by atoms with Crippen molar-refractivity contribution in [3.05, 3.63) is 21.8 Å². The second-order valence-electron chi connectivity index (χ2n) is 2.82. The summed E-state index contributed by atoms with van der Waals surface area (Å²) in [5.41, 5.74) is 4.79. The van der Waals surface area contributed by atoms with Crippen LogP contribution in [-0.2, 0) is 4.74 Å². The molecule has 88 valence electrons. The summed E-state index contributed by atoms with van der Waals surface area (Å²) in [4.78, 5) is 14.9. The van der Waals surface area contributed by atoms with Gasteiger partial charge in [-0.25, -0.2) is 18.6 Å². The van der Waals surface area contributed by atoms with Crippen LogP contribution in [0.5, 0.6) is 0 Å². The molecule has 1 aromatic rings. The minimum Gasteiger partial charge on any atom is -0.462 e. The van der Waals surface area contributed by atoms with Crippen LogP contribution in [-0.4, -0.2) is 17.6 Å². The summed E-state index contributed by atoms with van der Waals surface area (Å²) < 4.78 is 29.7. The first-order chi connectivity index (χ1) is 7.47. The highest BCUT2D eigenvalue weighted by molar-refractivity contribution is 9.10. The molecule has 7 heteroatoms. The molecule has 4 nitrogen and oxygen atoms in total. The summed E-state index contributed by atoms with van der Waals surface area (Å²) in [7, 11) is 0. The van der Waals surface area contributed by atoms with E-state index in [1.54, 1.807) is 6.92 Å². The number of carbonyl (C=O) groups excluding carboxylic acids is 1. The molecule has 0 aliphatic rings. The van der Waals surface area contributed by atoms with Crippen molar-refractivity contribution in [3.8, 4) is 0 Å². The number of anilines is 1. The molecular formula is C9H9BrF2N2O2. The van der Waals surface area contributed by atoms with Gasteiger partial charge in [-0.15, -0.1) is 0 Å². The third kappa shape index (κ3) is 2.66. The molecule has 0 fully saturated rings. The second kappa shape index (κ2) is 5.20. The predicted octanol–water partition coefficient (Wildman–Crippen LogP) is 2.54. The van der Waals surface area contributed by atoms with Crippen molar-refractivity contribution in [2.45, 2.75) is 13.3 Å². The molecule has 0 radical (unpaired) electrons. The third-order valence-electron chi connectivity index (χ3n) is 1.72. The van der Waals surface area contributed by atoms with Crippen molar-refractivity contribution in [2.75, 3.05) is 12.3 Å². The molecule has 0 aliphatic carbocycles. The smallest absolute Gasteiger partial charge is 0.339 e. The fourth-order valence-corrected chi connectivity index (χ4v) is 1.40. The Morgan fingerprint density at radius 1 is 1.69 bits per heavy atom. The highest BCUT2D eigenvalue weighted by Gasteiger charge is 2.19. The first-order valence-corrected chi connectivity index (χ1v) is 5.17. The maximum atomic E-state index is 12.4. The van der Waals surface area contributed by atoms with E-state index < -0.39 is 18.1 Å². The van der Waals surface area contributed by atoms with E-state index in [4.69, 9.17) is 10.5 Å². The van der Waals surface area contributed by atoms with E-state index in [2.05, 4.69) is 20.9 Å². The summed E-state index contributed by atoms with van der Waals surface area (Å²) in [5.74, 6) is -0.883. The number of rotatable bonds is 3. The lowest BCUT2D eigenvalue weighted by Crippen LogP contribution is -2.09. The van der Waals surface area contributed by atoms with Gasteiger partial charge in [0, 0.05) is 0 Å². The fraction of sp³-hybridized carbons (Fsp3) is 0.333. The molecular weight excluding hydrogens is 286 g/mol. The Balaban J connectivity index is 3.21. The van der Waals surface area contributed by atoms with Crippen LogP contribution in [0.25, 0.3) is 0 Å². The van der Waals surface area contributed by atoms with Crippen LogP contribution in [0.3, 0.4) is 0 Å². The number of nitrogen functional groups attached to an aromatic ring is 1. The van der Waals surface area contributed by atoms with Gasteiger partial charge in [0.1, 0.15) is 11.5 Å². The Kier molecular flexibility index (Phi) is 4.17. The van der Waals surface area contributed by atoms with Gasteiger partial charge >= 0.3 is 5.97 Å². The lowest BCUT2D eigenvalue weighted by molar-refractivity contribution is 0.0524. The minimum atomic E-state index is -2.79. The molecule has 0 spiro atoms. The number of hydrogen-bond donors (Lipinski definition) is 1. The largest absolute Gasteiger partial charge is 0.462 e. The number of halogens is 3. The monoisotopic (exact) mass is 294 g/mol. The zero-order valence-electron chi connectivity index (χ0n) is 8.34. The van der Waals surface area contributed by atoms with Crippen LogP contribution in [0, 0.1) is 0 Å². The third-order valence-corrected chi connectivity index (χ3v) is 2.56. The van der Waals surface area contributed by atoms with E-state index >= 15 is 0 Å². The molecule has 0 aliphatic heterocycles. The number of nitrogens with two attached hydrogens (primary N) is 1. The molecule has 0 saturated carbocycles. The molecule has 0 amide bonds. The number of hydrogen-bond acceptors (Lipinski definition) is 4. The average molecular weight is 295 g/mol. The van der Waals surface area contributed by atoms with Crippen LogP contribution in [0.15, 0.2) is 10.5 Å². The number of pyridine rings is 1. The number of esters is 1. The zero-order valence-corrected chi connectivity index (χ0v) is 9.92. The van der Waals surface area contributed by atoms with E-state index in [9.17, 15) is 13.6 Å². The predicted molar refractivity (Wildman–Crippen MR) is 57.3 cm³/mol. The number of alkyl halides is 2. The van der Waals surface area contributed by atoms with E-state index in [1.807, 2.05) is 0 Å². The van der Waals surface area contributed by atoms with Gasteiger partial charge in [-0.1, -0.05) is 0 Å². The van der Waals surface area contributed by atoms with E-state index in [0.29, 0.717) is 0 Å². The summed E-state index contributed by atoms with van der Waals surface area (Å²) in [5, 5.41) is 0. The van der Waals surface area contributed by atoms with Crippen LogP contribution >= 0.6 is 15.9 Å². The van der Waals surface area contributed by atoms with Gasteiger partial charge in [0.15, 0.2) is 0 Å². The van der Waals surface area contributed by atoms with Gasteiger partial charge in [0.25, 0.3) is 6.43 Å². The molecule has 0 atom stereocenters. The highest BCUT2D eigenvalue weighted by atomic mass is 79.9. The Labute approximate surface area is 98.9 Å². The molecule has 1 aromatic heterocycles.